The Balaban J connectivity index is 1.68. The summed E-state index contributed by atoms with van der Waals surface area (Å²) < 4.78 is 33.8. The van der Waals surface area contributed by atoms with E-state index in [0.29, 0.717) is 34.6 Å². The molecule has 1 fully saturated rings. The van der Waals surface area contributed by atoms with Crippen molar-refractivity contribution in [2.75, 3.05) is 6.54 Å². The minimum Gasteiger partial charge on any atom is -0.337 e. The summed E-state index contributed by atoms with van der Waals surface area (Å²) in [5, 5.41) is 4.66. The first kappa shape index (κ1) is 20.1. The van der Waals surface area contributed by atoms with Gasteiger partial charge in [-0.3, -0.25) is 0 Å². The summed E-state index contributed by atoms with van der Waals surface area (Å²) in [5.41, 5.74) is 3.53. The Morgan fingerprint density at radius 1 is 1.07 bits per heavy atom. The molecule has 4 rings (SSSR count). The average Bonchev–Trinajstić information content (AvgIpc) is 3.34. The third-order valence-electron chi connectivity index (χ3n) is 5.41. The molecule has 29 heavy (non-hydrogen) atoms. The quantitative estimate of drug-likeness (QED) is 0.590. The molecule has 0 saturated carbocycles. The molecule has 0 radical (unpaired) electrons. The van der Waals surface area contributed by atoms with E-state index in [1.165, 1.54) is 4.31 Å². The summed E-state index contributed by atoms with van der Waals surface area (Å²) in [5.74, 6) is 0.737. The van der Waals surface area contributed by atoms with Gasteiger partial charge in [0.2, 0.25) is 21.7 Å². The zero-order valence-electron chi connectivity index (χ0n) is 16.5. The molecule has 1 saturated heterocycles. The first-order chi connectivity index (χ1) is 13.8. The summed E-state index contributed by atoms with van der Waals surface area (Å²) >= 11 is 5.93. The fourth-order valence-electron chi connectivity index (χ4n) is 3.70. The second-order valence-electron chi connectivity index (χ2n) is 7.44. The fraction of sp³-hybridized carbons (Fsp3) is 0.333. The van der Waals surface area contributed by atoms with E-state index in [9.17, 15) is 8.42 Å². The lowest BCUT2D eigenvalue weighted by Crippen LogP contribution is -2.31. The predicted octanol–water partition coefficient (Wildman–Crippen LogP) is 4.84. The first-order valence-electron chi connectivity index (χ1n) is 9.46. The Hall–Kier alpha value is -2.22. The van der Waals surface area contributed by atoms with E-state index in [2.05, 4.69) is 10.1 Å². The SMILES string of the molecule is Cc1cc(C)c(S(=O)(=O)N2CCC[C@@H]2c2nc(-c3ccc(Cl)cc3)no2)cc1C. The normalized spacial score (nSPS) is 17.7. The molecule has 0 aliphatic carbocycles. The van der Waals surface area contributed by atoms with Gasteiger partial charge in [-0.25, -0.2) is 8.42 Å². The Morgan fingerprint density at radius 2 is 1.76 bits per heavy atom. The van der Waals surface area contributed by atoms with Crippen molar-refractivity contribution >= 4 is 21.6 Å². The van der Waals surface area contributed by atoms with Gasteiger partial charge in [-0.15, -0.1) is 0 Å². The van der Waals surface area contributed by atoms with Gasteiger partial charge in [0.15, 0.2) is 0 Å². The van der Waals surface area contributed by atoms with Gasteiger partial charge in [-0.1, -0.05) is 22.8 Å². The summed E-state index contributed by atoms with van der Waals surface area (Å²) in [7, 11) is -3.68. The van der Waals surface area contributed by atoms with Crippen LogP contribution in [0, 0.1) is 20.8 Å². The summed E-state index contributed by atoms with van der Waals surface area (Å²) in [6.45, 7) is 6.16. The number of benzene rings is 2. The Morgan fingerprint density at radius 3 is 2.48 bits per heavy atom. The van der Waals surface area contributed by atoms with Crippen LogP contribution in [-0.4, -0.2) is 29.4 Å². The van der Waals surface area contributed by atoms with Crippen molar-refractivity contribution in [1.29, 1.82) is 0 Å². The molecule has 0 unspecified atom stereocenters. The minimum atomic E-state index is -3.68. The van der Waals surface area contributed by atoms with Gasteiger partial charge >= 0.3 is 0 Å². The Labute approximate surface area is 175 Å². The van der Waals surface area contributed by atoms with Crippen molar-refractivity contribution in [2.24, 2.45) is 0 Å². The molecule has 2 aromatic carbocycles. The van der Waals surface area contributed by atoms with Crippen LogP contribution in [0.2, 0.25) is 5.02 Å². The predicted molar refractivity (Wildman–Crippen MR) is 111 cm³/mol. The molecule has 152 valence electrons. The molecular weight excluding hydrogens is 410 g/mol. The molecule has 1 aliphatic rings. The highest BCUT2D eigenvalue weighted by molar-refractivity contribution is 7.89. The van der Waals surface area contributed by atoms with Crippen molar-refractivity contribution < 1.29 is 12.9 Å². The molecule has 1 aliphatic heterocycles. The topological polar surface area (TPSA) is 76.3 Å². The maximum atomic E-state index is 13.4. The molecule has 0 spiro atoms. The van der Waals surface area contributed by atoms with Gasteiger partial charge in [0, 0.05) is 17.1 Å². The first-order valence-corrected chi connectivity index (χ1v) is 11.3. The zero-order chi connectivity index (χ0) is 20.8. The van der Waals surface area contributed by atoms with Crippen LogP contribution in [0.3, 0.4) is 0 Å². The molecule has 3 aromatic rings. The second-order valence-corrected chi connectivity index (χ2v) is 9.73. The van der Waals surface area contributed by atoms with Gasteiger partial charge in [0.1, 0.15) is 6.04 Å². The Kier molecular flexibility index (Phi) is 5.23. The van der Waals surface area contributed by atoms with E-state index >= 15 is 0 Å². The highest BCUT2D eigenvalue weighted by Crippen LogP contribution is 2.37. The lowest BCUT2D eigenvalue weighted by atomic mass is 10.1. The Bertz CT molecular complexity index is 1160. The van der Waals surface area contributed by atoms with Crippen LogP contribution >= 0.6 is 11.6 Å². The van der Waals surface area contributed by atoms with Crippen LogP contribution in [0.15, 0.2) is 45.8 Å². The molecular formula is C21H22ClN3O3S. The third kappa shape index (κ3) is 3.70. The van der Waals surface area contributed by atoms with E-state index in [1.807, 2.05) is 26.8 Å². The number of aromatic nitrogens is 2. The number of hydrogen-bond donors (Lipinski definition) is 0. The largest absolute Gasteiger partial charge is 0.337 e. The molecule has 0 bridgehead atoms. The summed E-state index contributed by atoms with van der Waals surface area (Å²) in [4.78, 5) is 4.81. The number of sulfonamides is 1. The summed E-state index contributed by atoms with van der Waals surface area (Å²) in [6.07, 6.45) is 1.39. The zero-order valence-corrected chi connectivity index (χ0v) is 18.1. The molecule has 1 aromatic heterocycles. The van der Waals surface area contributed by atoms with E-state index in [0.717, 1.165) is 28.7 Å². The highest BCUT2D eigenvalue weighted by Gasteiger charge is 2.40. The van der Waals surface area contributed by atoms with Crippen molar-refractivity contribution in [3.63, 3.8) is 0 Å². The van der Waals surface area contributed by atoms with Gasteiger partial charge in [0.25, 0.3) is 0 Å². The number of rotatable bonds is 4. The van der Waals surface area contributed by atoms with Crippen LogP contribution in [0.25, 0.3) is 11.4 Å². The van der Waals surface area contributed by atoms with Gasteiger partial charge < -0.3 is 4.52 Å². The minimum absolute atomic E-state index is 0.317. The van der Waals surface area contributed by atoms with E-state index in [-0.39, 0.29) is 0 Å². The molecule has 2 heterocycles. The van der Waals surface area contributed by atoms with Crippen LogP contribution in [-0.2, 0) is 10.0 Å². The maximum Gasteiger partial charge on any atom is 0.245 e. The average molecular weight is 432 g/mol. The molecule has 0 amide bonds. The third-order valence-corrected chi connectivity index (χ3v) is 7.71. The monoisotopic (exact) mass is 431 g/mol. The molecule has 1 atom stereocenters. The van der Waals surface area contributed by atoms with Crippen molar-refractivity contribution in [3.8, 4) is 11.4 Å². The number of aryl methyl sites for hydroxylation is 3. The van der Waals surface area contributed by atoms with Crippen LogP contribution < -0.4 is 0 Å². The number of halogens is 1. The van der Waals surface area contributed by atoms with Crippen LogP contribution in [0.1, 0.15) is 41.5 Å². The molecule has 6 nitrogen and oxygen atoms in total. The van der Waals surface area contributed by atoms with Gasteiger partial charge in [-0.05, 0) is 80.6 Å². The van der Waals surface area contributed by atoms with Crippen LogP contribution in [0.4, 0.5) is 0 Å². The second kappa shape index (κ2) is 7.55. The lowest BCUT2D eigenvalue weighted by Gasteiger charge is -2.23. The molecule has 0 N–H and O–H groups in total. The number of nitrogens with zero attached hydrogens (tertiary/aromatic N) is 3. The van der Waals surface area contributed by atoms with E-state index < -0.39 is 16.1 Å². The van der Waals surface area contributed by atoms with Crippen molar-refractivity contribution in [3.05, 3.63) is 64.0 Å². The van der Waals surface area contributed by atoms with E-state index in [4.69, 9.17) is 16.1 Å². The van der Waals surface area contributed by atoms with Gasteiger partial charge in [0.05, 0.1) is 4.90 Å². The lowest BCUT2D eigenvalue weighted by molar-refractivity contribution is 0.290. The van der Waals surface area contributed by atoms with Crippen molar-refractivity contribution in [1.82, 2.24) is 14.4 Å². The maximum absolute atomic E-state index is 13.4. The van der Waals surface area contributed by atoms with Crippen molar-refractivity contribution in [2.45, 2.75) is 44.6 Å². The smallest absolute Gasteiger partial charge is 0.245 e. The number of hydrogen-bond acceptors (Lipinski definition) is 5. The van der Waals surface area contributed by atoms with Gasteiger partial charge in [-0.2, -0.15) is 9.29 Å². The standard InChI is InChI=1S/C21H22ClN3O3S/c1-13-11-15(3)19(12-14(13)2)29(26,27)25-10-4-5-18(25)21-23-20(24-28-21)16-6-8-17(22)9-7-16/h6-9,11-12,18H,4-5,10H2,1-3H3/t18-/m1/s1. The van der Waals surface area contributed by atoms with E-state index in [1.54, 1.807) is 30.3 Å². The highest BCUT2D eigenvalue weighted by atomic mass is 35.5. The van der Waals surface area contributed by atoms with Crippen LogP contribution in [0.5, 0.6) is 0 Å². The summed E-state index contributed by atoms with van der Waals surface area (Å²) in [6, 6.07) is 10.3. The molecule has 8 heteroatoms. The fourth-order valence-corrected chi connectivity index (χ4v) is 5.77.